The summed E-state index contributed by atoms with van der Waals surface area (Å²) >= 11 is 0. The highest BCUT2D eigenvalue weighted by Crippen LogP contribution is 2.02. The summed E-state index contributed by atoms with van der Waals surface area (Å²) in [5.41, 5.74) is 10.8. The van der Waals surface area contributed by atoms with Gasteiger partial charge in [0.25, 0.3) is 5.91 Å². The minimum atomic E-state index is -1.52. The molecule has 164 valence electrons. The van der Waals surface area contributed by atoms with Gasteiger partial charge in [-0.05, 0) is 52.1 Å². The van der Waals surface area contributed by atoms with E-state index in [1.54, 1.807) is 0 Å². The molecule has 0 spiro atoms. The summed E-state index contributed by atoms with van der Waals surface area (Å²) in [6.45, 7) is 4.80. The van der Waals surface area contributed by atoms with E-state index in [1.165, 1.54) is 0 Å². The molecule has 0 saturated carbocycles. The summed E-state index contributed by atoms with van der Waals surface area (Å²) in [7, 11) is 0. The molecule has 0 aliphatic heterocycles. The first-order valence-electron chi connectivity index (χ1n) is 10.1. The number of nitrogens with one attached hydrogen (secondary N) is 5. The van der Waals surface area contributed by atoms with Gasteiger partial charge in [0.2, 0.25) is 12.1 Å². The summed E-state index contributed by atoms with van der Waals surface area (Å²) in [5.74, 6) is -0.975. The molecule has 0 heterocycles. The Bertz CT molecular complexity index is 447. The number of aliphatic hydroxyl groups is 1. The van der Waals surface area contributed by atoms with Gasteiger partial charge in [-0.1, -0.05) is 12.8 Å². The normalized spacial score (nSPS) is 12.8. The number of carbonyl (C=O) groups excluding carboxylic acids is 2. The fourth-order valence-electron chi connectivity index (χ4n) is 2.42. The summed E-state index contributed by atoms with van der Waals surface area (Å²) in [6.07, 6.45) is 4.68. The molecule has 2 atom stereocenters. The molecule has 0 radical (unpaired) electrons. The molecule has 0 aromatic carbocycles. The predicted molar refractivity (Wildman–Crippen MR) is 111 cm³/mol. The van der Waals surface area contributed by atoms with Crippen LogP contribution in [0.15, 0.2) is 0 Å². The molecule has 0 aliphatic rings. The van der Waals surface area contributed by atoms with Gasteiger partial charge >= 0.3 is 0 Å². The van der Waals surface area contributed by atoms with Crippen molar-refractivity contribution in [1.29, 1.82) is 5.41 Å². The van der Waals surface area contributed by atoms with Crippen molar-refractivity contribution in [3.63, 3.8) is 0 Å². The van der Waals surface area contributed by atoms with E-state index in [-0.39, 0.29) is 24.3 Å². The van der Waals surface area contributed by atoms with Crippen molar-refractivity contribution in [2.45, 2.75) is 70.6 Å². The largest absolute Gasteiger partial charge is 0.370 e. The highest BCUT2D eigenvalue weighted by atomic mass is 16.3. The Labute approximate surface area is 168 Å². The molecule has 10 heteroatoms. The number of hydrogen-bond donors (Lipinski definition) is 8. The Kier molecular flexibility index (Phi) is 16.0. The second-order valence-electron chi connectivity index (χ2n) is 6.99. The van der Waals surface area contributed by atoms with Crippen LogP contribution >= 0.6 is 0 Å². The molecule has 0 aromatic heterocycles. The third kappa shape index (κ3) is 17.5. The number of amides is 2. The van der Waals surface area contributed by atoms with Gasteiger partial charge in [0.05, 0.1) is 0 Å². The van der Waals surface area contributed by atoms with E-state index in [0.717, 1.165) is 51.6 Å². The lowest BCUT2D eigenvalue weighted by Crippen LogP contribution is -2.46. The molecule has 0 saturated heterocycles. The number of carbonyl (C=O) groups is 2. The minimum absolute atomic E-state index is 0.0412. The Hall–Kier alpha value is -1.91. The number of rotatable bonds is 17. The number of hydrogen-bond acceptors (Lipinski definition) is 6. The summed E-state index contributed by atoms with van der Waals surface area (Å²) in [6, 6.07) is 0.193. The zero-order chi connectivity index (χ0) is 21.2. The Morgan fingerprint density at radius 2 is 1.57 bits per heavy atom. The topological polar surface area (TPSA) is 178 Å². The van der Waals surface area contributed by atoms with Crippen LogP contribution < -0.4 is 32.7 Å². The maximum absolute atomic E-state index is 11.8. The number of unbranched alkanes of at least 4 members (excludes halogenated alkanes) is 4. The van der Waals surface area contributed by atoms with Crippen molar-refractivity contribution in [2.24, 2.45) is 11.5 Å². The van der Waals surface area contributed by atoms with E-state index >= 15 is 0 Å². The van der Waals surface area contributed by atoms with Gasteiger partial charge in [-0.15, -0.1) is 0 Å². The second-order valence-corrected chi connectivity index (χ2v) is 6.99. The smallest absolute Gasteiger partial charge is 0.269 e. The van der Waals surface area contributed by atoms with Crippen LogP contribution in [0.25, 0.3) is 0 Å². The van der Waals surface area contributed by atoms with E-state index in [4.69, 9.17) is 16.9 Å². The van der Waals surface area contributed by atoms with Crippen LogP contribution in [-0.2, 0) is 9.59 Å². The number of nitrogens with two attached hydrogens (primary N) is 2. The van der Waals surface area contributed by atoms with E-state index in [9.17, 15) is 14.7 Å². The van der Waals surface area contributed by atoms with E-state index in [0.29, 0.717) is 19.5 Å². The van der Waals surface area contributed by atoms with Crippen LogP contribution in [0.3, 0.4) is 0 Å². The highest BCUT2D eigenvalue weighted by Gasteiger charge is 2.16. The average molecular weight is 402 g/mol. The molecule has 28 heavy (non-hydrogen) atoms. The fourth-order valence-corrected chi connectivity index (χ4v) is 2.42. The van der Waals surface area contributed by atoms with E-state index < -0.39 is 12.1 Å². The monoisotopic (exact) mass is 401 g/mol. The van der Waals surface area contributed by atoms with Crippen LogP contribution in [0, 0.1) is 5.41 Å². The maximum atomic E-state index is 11.8. The average Bonchev–Trinajstić information content (AvgIpc) is 2.62. The molecule has 10 N–H and O–H groups in total. The molecular formula is C18H39N7O3. The van der Waals surface area contributed by atoms with Gasteiger partial charge < -0.3 is 37.8 Å². The molecule has 0 aromatic rings. The quantitative estimate of drug-likeness (QED) is 0.0671. The lowest BCUT2D eigenvalue weighted by atomic mass is 10.1. The number of guanidine groups is 1. The molecule has 2 amide bonds. The minimum Gasteiger partial charge on any atom is -0.370 e. The molecule has 0 bridgehead atoms. The first-order valence-corrected chi connectivity index (χ1v) is 10.1. The Balaban J connectivity index is 3.57. The van der Waals surface area contributed by atoms with Crippen LogP contribution in [-0.4, -0.2) is 61.3 Å². The molecule has 0 rings (SSSR count). The van der Waals surface area contributed by atoms with Crippen LogP contribution in [0.5, 0.6) is 0 Å². The zero-order valence-corrected chi connectivity index (χ0v) is 17.1. The van der Waals surface area contributed by atoms with Gasteiger partial charge in [-0.2, -0.15) is 0 Å². The third-order valence-corrected chi connectivity index (χ3v) is 4.05. The predicted octanol–water partition coefficient (Wildman–Crippen LogP) is -0.922. The van der Waals surface area contributed by atoms with Crippen LogP contribution in [0.1, 0.15) is 58.3 Å². The molecular weight excluding hydrogens is 362 g/mol. The van der Waals surface area contributed by atoms with Crippen molar-refractivity contribution < 1.29 is 14.7 Å². The lowest BCUT2D eigenvalue weighted by Gasteiger charge is -2.13. The lowest BCUT2D eigenvalue weighted by molar-refractivity contribution is -0.136. The fraction of sp³-hybridized carbons (Fsp3) is 0.833. The van der Waals surface area contributed by atoms with Crippen LogP contribution in [0.4, 0.5) is 0 Å². The first kappa shape index (κ1) is 26.1. The van der Waals surface area contributed by atoms with Gasteiger partial charge in [0, 0.05) is 25.6 Å². The Morgan fingerprint density at radius 1 is 0.964 bits per heavy atom. The maximum Gasteiger partial charge on any atom is 0.269 e. The molecule has 0 aliphatic carbocycles. The van der Waals surface area contributed by atoms with E-state index in [1.807, 2.05) is 6.92 Å². The molecule has 0 unspecified atom stereocenters. The van der Waals surface area contributed by atoms with Crippen LogP contribution in [0.2, 0.25) is 0 Å². The van der Waals surface area contributed by atoms with Crippen molar-refractivity contribution >= 4 is 17.8 Å². The standard InChI is InChI=1S/C18H39N7O3/c1-14(19)9-13-22-10-6-7-11-23-16(27)17(28)25-15(26)8-4-2-3-5-12-24-18(20)21/h14,17,22,28H,2-13,19H2,1H3,(H,23,27)(H,25,26)(H4,20,21,24)/t14-,17+/m1/s1. The Morgan fingerprint density at radius 3 is 2.25 bits per heavy atom. The highest BCUT2D eigenvalue weighted by molar-refractivity contribution is 5.86. The molecule has 0 fully saturated rings. The number of aliphatic hydroxyl groups excluding tert-OH is 1. The molecule has 10 nitrogen and oxygen atoms in total. The van der Waals surface area contributed by atoms with Crippen molar-refractivity contribution in [2.75, 3.05) is 26.2 Å². The summed E-state index contributed by atoms with van der Waals surface area (Å²) < 4.78 is 0. The second kappa shape index (κ2) is 17.2. The summed E-state index contributed by atoms with van der Waals surface area (Å²) in [5, 5.41) is 27.7. The van der Waals surface area contributed by atoms with Gasteiger partial charge in [-0.25, -0.2) is 0 Å². The van der Waals surface area contributed by atoms with Gasteiger partial charge in [0.1, 0.15) is 0 Å². The van der Waals surface area contributed by atoms with Crippen molar-refractivity contribution in [3.8, 4) is 0 Å². The van der Waals surface area contributed by atoms with Gasteiger partial charge in [0.15, 0.2) is 5.96 Å². The summed E-state index contributed by atoms with van der Waals surface area (Å²) in [4.78, 5) is 23.5. The van der Waals surface area contributed by atoms with E-state index in [2.05, 4.69) is 21.3 Å². The third-order valence-electron chi connectivity index (χ3n) is 4.05. The first-order chi connectivity index (χ1) is 13.3. The van der Waals surface area contributed by atoms with Crippen molar-refractivity contribution in [1.82, 2.24) is 21.3 Å². The van der Waals surface area contributed by atoms with Crippen molar-refractivity contribution in [3.05, 3.63) is 0 Å². The van der Waals surface area contributed by atoms with Gasteiger partial charge in [-0.3, -0.25) is 15.0 Å². The SMILES string of the molecule is C[C@@H](N)CCNCCCCNC(=O)[C@H](O)NC(=O)CCCCCCNC(=N)N. The zero-order valence-electron chi connectivity index (χ0n) is 17.1.